The fraction of sp³-hybridized carbons (Fsp3) is 0.368. The van der Waals surface area contributed by atoms with Crippen LogP contribution in [0.5, 0.6) is 0 Å². The van der Waals surface area contributed by atoms with E-state index in [1.54, 1.807) is 6.20 Å². The van der Waals surface area contributed by atoms with Gasteiger partial charge in [0, 0.05) is 29.5 Å². The van der Waals surface area contributed by atoms with Crippen LogP contribution in [0.25, 0.3) is 11.3 Å². The summed E-state index contributed by atoms with van der Waals surface area (Å²) in [6, 6.07) is 12.9. The molecule has 0 aliphatic carbocycles. The van der Waals surface area contributed by atoms with E-state index in [1.165, 1.54) is 12.8 Å². The van der Waals surface area contributed by atoms with Gasteiger partial charge in [-0.05, 0) is 62.4 Å². The first-order valence-electron chi connectivity index (χ1n) is 8.34. The molecule has 2 amide bonds. The van der Waals surface area contributed by atoms with Crippen LogP contribution in [0.1, 0.15) is 31.2 Å². The molecular weight excluding hydrogens is 286 g/mol. The van der Waals surface area contributed by atoms with E-state index < -0.39 is 0 Å². The molecule has 0 spiro atoms. The predicted molar refractivity (Wildman–Crippen MR) is 91.3 cm³/mol. The Morgan fingerprint density at radius 1 is 1.22 bits per heavy atom. The fourth-order valence-electron chi connectivity index (χ4n) is 3.82. The summed E-state index contributed by atoms with van der Waals surface area (Å²) in [5, 5.41) is 3.07. The second kappa shape index (κ2) is 5.69. The second-order valence-electron chi connectivity index (χ2n) is 6.56. The molecule has 1 N–H and O–H groups in total. The number of carbonyl (C=O) groups is 1. The Kier molecular flexibility index (Phi) is 3.52. The molecule has 4 nitrogen and oxygen atoms in total. The number of pyridine rings is 1. The summed E-state index contributed by atoms with van der Waals surface area (Å²) in [4.78, 5) is 19.0. The van der Waals surface area contributed by atoms with Crippen molar-refractivity contribution < 1.29 is 4.79 Å². The standard InChI is InChI=1S/C19H21N3O/c1-13-8-9-14(11-17(13)18-7-2-3-10-20-18)21-19(23)22-15-5-4-6-16(22)12-15/h2-3,7-11,15-16H,4-6,12H2,1H3,(H,21,23). The number of aryl methyl sites for hydroxylation is 1. The number of hydrogen-bond donors (Lipinski definition) is 1. The average Bonchev–Trinajstić information content (AvgIpc) is 2.58. The lowest BCUT2D eigenvalue weighted by atomic mass is 9.80. The molecule has 0 radical (unpaired) electrons. The maximum Gasteiger partial charge on any atom is 0.322 e. The second-order valence-corrected chi connectivity index (χ2v) is 6.56. The van der Waals surface area contributed by atoms with Crippen molar-refractivity contribution in [3.05, 3.63) is 48.2 Å². The molecule has 2 bridgehead atoms. The van der Waals surface area contributed by atoms with Crippen LogP contribution in [-0.4, -0.2) is 28.0 Å². The van der Waals surface area contributed by atoms with Gasteiger partial charge in [0.2, 0.25) is 0 Å². The summed E-state index contributed by atoms with van der Waals surface area (Å²) in [5.41, 5.74) is 3.99. The molecule has 2 aliphatic rings. The molecule has 1 aromatic carbocycles. The normalized spacial score (nSPS) is 22.4. The van der Waals surface area contributed by atoms with Crippen molar-refractivity contribution in [2.24, 2.45) is 0 Å². The molecular formula is C19H21N3O. The first-order chi connectivity index (χ1) is 11.2. The van der Waals surface area contributed by atoms with Crippen molar-refractivity contribution in [3.8, 4) is 11.3 Å². The molecule has 1 aromatic heterocycles. The topological polar surface area (TPSA) is 45.2 Å². The molecule has 4 heteroatoms. The molecule has 2 saturated heterocycles. The Morgan fingerprint density at radius 2 is 2.04 bits per heavy atom. The molecule has 4 rings (SSSR count). The minimum atomic E-state index is 0.0433. The van der Waals surface area contributed by atoms with E-state index >= 15 is 0 Å². The first-order valence-corrected chi connectivity index (χ1v) is 8.34. The van der Waals surface area contributed by atoms with E-state index in [2.05, 4.69) is 17.2 Å². The molecule has 2 aliphatic heterocycles. The van der Waals surface area contributed by atoms with Gasteiger partial charge in [0.25, 0.3) is 0 Å². The van der Waals surface area contributed by atoms with Crippen molar-refractivity contribution in [3.63, 3.8) is 0 Å². The highest BCUT2D eigenvalue weighted by molar-refractivity contribution is 5.91. The summed E-state index contributed by atoms with van der Waals surface area (Å²) in [6.07, 6.45) is 6.53. The maximum atomic E-state index is 12.5. The van der Waals surface area contributed by atoms with Crippen molar-refractivity contribution in [1.82, 2.24) is 9.88 Å². The molecule has 2 fully saturated rings. The van der Waals surface area contributed by atoms with Crippen molar-refractivity contribution >= 4 is 11.7 Å². The predicted octanol–water partition coefficient (Wildman–Crippen LogP) is 4.22. The molecule has 118 valence electrons. The zero-order valence-corrected chi connectivity index (χ0v) is 13.3. The average molecular weight is 307 g/mol. The Labute approximate surface area is 136 Å². The van der Waals surface area contributed by atoms with Gasteiger partial charge in [-0.2, -0.15) is 0 Å². The number of amides is 2. The molecule has 2 atom stereocenters. The van der Waals surface area contributed by atoms with Crippen LogP contribution in [0.4, 0.5) is 10.5 Å². The fourth-order valence-corrected chi connectivity index (χ4v) is 3.82. The number of piperidine rings is 1. The van der Waals surface area contributed by atoms with E-state index in [9.17, 15) is 4.79 Å². The Bertz CT molecular complexity index is 715. The summed E-state index contributed by atoms with van der Waals surface area (Å²) >= 11 is 0. The summed E-state index contributed by atoms with van der Waals surface area (Å²) in [6.45, 7) is 2.06. The number of benzene rings is 1. The number of nitrogens with zero attached hydrogens (tertiary/aromatic N) is 2. The van der Waals surface area contributed by atoms with E-state index in [-0.39, 0.29) is 6.03 Å². The smallest absolute Gasteiger partial charge is 0.318 e. The summed E-state index contributed by atoms with van der Waals surface area (Å²) in [7, 11) is 0. The van der Waals surface area contributed by atoms with Crippen LogP contribution in [0.2, 0.25) is 0 Å². The van der Waals surface area contributed by atoms with Crippen molar-refractivity contribution in [2.45, 2.75) is 44.7 Å². The number of carbonyl (C=O) groups excluding carboxylic acids is 1. The van der Waals surface area contributed by atoms with E-state index in [0.29, 0.717) is 12.1 Å². The van der Waals surface area contributed by atoms with Gasteiger partial charge in [-0.3, -0.25) is 4.98 Å². The van der Waals surface area contributed by atoms with Gasteiger partial charge in [-0.1, -0.05) is 12.1 Å². The first kappa shape index (κ1) is 14.2. The third-order valence-corrected chi connectivity index (χ3v) is 5.07. The van der Waals surface area contributed by atoms with E-state index in [1.807, 2.05) is 41.3 Å². The molecule has 2 unspecified atom stereocenters. The highest BCUT2D eigenvalue weighted by atomic mass is 16.2. The molecule has 3 heterocycles. The SMILES string of the molecule is Cc1ccc(NC(=O)N2C3CCCC2C3)cc1-c1ccccn1. The number of fused-ring (bicyclic) bond motifs is 2. The van der Waals surface area contributed by atoms with Gasteiger partial charge in [-0.25, -0.2) is 4.79 Å². The number of nitrogens with one attached hydrogen (secondary N) is 1. The Hall–Kier alpha value is -2.36. The van der Waals surface area contributed by atoms with Gasteiger partial charge in [-0.15, -0.1) is 0 Å². The summed E-state index contributed by atoms with van der Waals surface area (Å²) < 4.78 is 0. The van der Waals surface area contributed by atoms with Gasteiger partial charge < -0.3 is 10.2 Å². The van der Waals surface area contributed by atoms with Crippen LogP contribution in [-0.2, 0) is 0 Å². The number of anilines is 1. The number of hydrogen-bond acceptors (Lipinski definition) is 2. The van der Waals surface area contributed by atoms with Crippen LogP contribution in [0.3, 0.4) is 0 Å². The quantitative estimate of drug-likeness (QED) is 0.903. The largest absolute Gasteiger partial charge is 0.322 e. The lowest BCUT2D eigenvalue weighted by Gasteiger charge is -2.52. The highest BCUT2D eigenvalue weighted by Gasteiger charge is 2.44. The monoisotopic (exact) mass is 307 g/mol. The van der Waals surface area contributed by atoms with Gasteiger partial charge in [0.1, 0.15) is 0 Å². The minimum absolute atomic E-state index is 0.0433. The van der Waals surface area contributed by atoms with E-state index in [0.717, 1.165) is 35.3 Å². The zero-order valence-electron chi connectivity index (χ0n) is 13.3. The van der Waals surface area contributed by atoms with E-state index in [4.69, 9.17) is 0 Å². The lowest BCUT2D eigenvalue weighted by molar-refractivity contribution is 0.0173. The van der Waals surface area contributed by atoms with Crippen LogP contribution < -0.4 is 5.32 Å². The minimum Gasteiger partial charge on any atom is -0.318 e. The van der Waals surface area contributed by atoms with Gasteiger partial charge >= 0.3 is 6.03 Å². The lowest BCUT2D eigenvalue weighted by Crippen LogP contribution is -2.62. The van der Waals surface area contributed by atoms with Crippen LogP contribution in [0.15, 0.2) is 42.6 Å². The highest BCUT2D eigenvalue weighted by Crippen LogP contribution is 2.38. The third kappa shape index (κ3) is 2.58. The van der Waals surface area contributed by atoms with Crippen molar-refractivity contribution in [2.75, 3.05) is 5.32 Å². The maximum absolute atomic E-state index is 12.5. The number of urea groups is 1. The number of rotatable bonds is 2. The Morgan fingerprint density at radius 3 is 2.74 bits per heavy atom. The van der Waals surface area contributed by atoms with Gasteiger partial charge in [0.05, 0.1) is 5.69 Å². The zero-order chi connectivity index (χ0) is 15.8. The molecule has 0 saturated carbocycles. The van der Waals surface area contributed by atoms with Crippen LogP contribution >= 0.6 is 0 Å². The number of aromatic nitrogens is 1. The summed E-state index contributed by atoms with van der Waals surface area (Å²) in [5.74, 6) is 0. The van der Waals surface area contributed by atoms with Crippen LogP contribution in [0, 0.1) is 6.92 Å². The van der Waals surface area contributed by atoms with Crippen molar-refractivity contribution in [1.29, 1.82) is 0 Å². The third-order valence-electron chi connectivity index (χ3n) is 5.07. The van der Waals surface area contributed by atoms with Gasteiger partial charge in [0.15, 0.2) is 0 Å². The Balaban J connectivity index is 1.55. The molecule has 23 heavy (non-hydrogen) atoms. The molecule has 2 aromatic rings.